The van der Waals surface area contributed by atoms with E-state index in [1.807, 2.05) is 0 Å². The maximum Gasteiger partial charge on any atom is 0.471 e. The molecule has 4 nitrogen and oxygen atoms in total. The number of ether oxygens (including phenoxy) is 1. The van der Waals surface area contributed by atoms with Crippen LogP contribution in [0.25, 0.3) is 11.1 Å². The number of alkyl halides is 3. The minimum absolute atomic E-state index is 0.0694. The summed E-state index contributed by atoms with van der Waals surface area (Å²) in [5, 5.41) is 1.61. The van der Waals surface area contributed by atoms with E-state index in [9.17, 15) is 22.8 Å². The van der Waals surface area contributed by atoms with Crippen LogP contribution in [0.15, 0.2) is 30.3 Å². The molecule has 0 bridgehead atoms. The molecule has 8 heteroatoms. The molecule has 1 aromatic heterocycles. The summed E-state index contributed by atoms with van der Waals surface area (Å²) in [6.45, 7) is 4.93. The second kappa shape index (κ2) is 7.26. The highest BCUT2D eigenvalue weighted by Gasteiger charge is 2.40. The van der Waals surface area contributed by atoms with Crippen LogP contribution in [0.5, 0.6) is 0 Å². The second-order valence-electron chi connectivity index (χ2n) is 5.51. The smallest absolute Gasteiger partial charge is 0.459 e. The van der Waals surface area contributed by atoms with E-state index in [-0.39, 0.29) is 10.6 Å². The molecular formula is C17H16F3NO3S. The summed E-state index contributed by atoms with van der Waals surface area (Å²) in [4.78, 5) is 24.4. The molecular weight excluding hydrogens is 355 g/mol. The average Bonchev–Trinajstić information content (AvgIpc) is 2.82. The van der Waals surface area contributed by atoms with E-state index in [1.54, 1.807) is 56.4 Å². The summed E-state index contributed by atoms with van der Waals surface area (Å²) in [7, 11) is 0. The fraction of sp³-hybridized carbons (Fsp3) is 0.294. The summed E-state index contributed by atoms with van der Waals surface area (Å²) in [6.07, 6.45) is -5.51. The van der Waals surface area contributed by atoms with Gasteiger partial charge in [-0.25, -0.2) is 4.79 Å². The standard InChI is InChI=1S/C17H16F3NO3S/c1-9(2)24-15(22)13-12(11-7-5-4-6-8-11)10(3)25-14(13)21-16(23)17(18,19)20/h4-9H,1-3H3,(H,21,23). The van der Waals surface area contributed by atoms with Gasteiger partial charge in [-0.15, -0.1) is 11.3 Å². The molecule has 0 radical (unpaired) electrons. The minimum Gasteiger partial charge on any atom is -0.459 e. The quantitative estimate of drug-likeness (QED) is 0.786. The maximum atomic E-state index is 12.6. The molecule has 0 saturated carbocycles. The Morgan fingerprint density at radius 3 is 2.28 bits per heavy atom. The van der Waals surface area contributed by atoms with Crippen molar-refractivity contribution >= 4 is 28.2 Å². The van der Waals surface area contributed by atoms with Gasteiger partial charge >= 0.3 is 18.1 Å². The molecule has 2 aromatic rings. The predicted molar refractivity (Wildman–Crippen MR) is 89.7 cm³/mol. The van der Waals surface area contributed by atoms with Gasteiger partial charge in [0.1, 0.15) is 10.6 Å². The monoisotopic (exact) mass is 371 g/mol. The SMILES string of the molecule is Cc1sc(NC(=O)C(F)(F)F)c(C(=O)OC(C)C)c1-c1ccccc1. The third-order valence-corrected chi connectivity index (χ3v) is 4.20. The van der Waals surface area contributed by atoms with E-state index in [0.29, 0.717) is 16.0 Å². The highest BCUT2D eigenvalue weighted by atomic mass is 32.1. The largest absolute Gasteiger partial charge is 0.471 e. The number of benzene rings is 1. The van der Waals surface area contributed by atoms with Crippen molar-refractivity contribution in [2.24, 2.45) is 0 Å². The van der Waals surface area contributed by atoms with Crippen molar-refractivity contribution in [3.63, 3.8) is 0 Å². The molecule has 1 N–H and O–H groups in total. The Morgan fingerprint density at radius 1 is 1.16 bits per heavy atom. The van der Waals surface area contributed by atoms with E-state index < -0.39 is 24.2 Å². The first-order valence-electron chi connectivity index (χ1n) is 7.39. The van der Waals surface area contributed by atoms with Crippen LogP contribution in [0.4, 0.5) is 18.2 Å². The highest BCUT2D eigenvalue weighted by molar-refractivity contribution is 7.17. The van der Waals surface area contributed by atoms with E-state index in [2.05, 4.69) is 0 Å². The third-order valence-electron chi connectivity index (χ3n) is 3.18. The van der Waals surface area contributed by atoms with Crippen LogP contribution in [0, 0.1) is 6.92 Å². The van der Waals surface area contributed by atoms with Gasteiger partial charge in [0.05, 0.1) is 6.10 Å². The van der Waals surface area contributed by atoms with Crippen molar-refractivity contribution in [1.29, 1.82) is 0 Å². The topological polar surface area (TPSA) is 55.4 Å². The van der Waals surface area contributed by atoms with Gasteiger partial charge in [0, 0.05) is 10.4 Å². The summed E-state index contributed by atoms with van der Waals surface area (Å²) in [5.41, 5.74) is 1.04. The van der Waals surface area contributed by atoms with Gasteiger partial charge < -0.3 is 10.1 Å². The van der Waals surface area contributed by atoms with E-state index >= 15 is 0 Å². The van der Waals surface area contributed by atoms with Crippen molar-refractivity contribution in [3.05, 3.63) is 40.8 Å². The van der Waals surface area contributed by atoms with Crippen LogP contribution in [0.3, 0.4) is 0 Å². The normalized spacial score (nSPS) is 11.5. The van der Waals surface area contributed by atoms with E-state index in [0.717, 1.165) is 11.3 Å². The Morgan fingerprint density at radius 2 is 1.76 bits per heavy atom. The number of thiophene rings is 1. The van der Waals surface area contributed by atoms with Crippen molar-refractivity contribution in [3.8, 4) is 11.1 Å². The molecule has 1 amide bonds. The number of carbonyl (C=O) groups is 2. The number of amides is 1. The summed E-state index contributed by atoms with van der Waals surface area (Å²) in [5.74, 6) is -2.91. The number of aryl methyl sites for hydroxylation is 1. The van der Waals surface area contributed by atoms with Gasteiger partial charge in [0.2, 0.25) is 0 Å². The number of esters is 1. The molecule has 0 saturated heterocycles. The van der Waals surface area contributed by atoms with Crippen LogP contribution in [-0.4, -0.2) is 24.2 Å². The molecule has 0 unspecified atom stereocenters. The third kappa shape index (κ3) is 4.39. The Bertz CT molecular complexity index is 782. The molecule has 0 aliphatic heterocycles. The van der Waals surface area contributed by atoms with E-state index in [1.165, 1.54) is 0 Å². The molecule has 1 aromatic carbocycles. The number of halogens is 3. The lowest BCUT2D eigenvalue weighted by Gasteiger charge is -2.12. The highest BCUT2D eigenvalue weighted by Crippen LogP contribution is 2.41. The second-order valence-corrected chi connectivity index (χ2v) is 6.73. The van der Waals surface area contributed by atoms with Crippen molar-refractivity contribution in [2.75, 3.05) is 5.32 Å². The maximum absolute atomic E-state index is 12.6. The first kappa shape index (κ1) is 19.0. The number of nitrogens with one attached hydrogen (secondary N) is 1. The van der Waals surface area contributed by atoms with Gasteiger partial charge in [-0.1, -0.05) is 30.3 Å². The zero-order valence-electron chi connectivity index (χ0n) is 13.7. The lowest BCUT2D eigenvalue weighted by atomic mass is 10.0. The minimum atomic E-state index is -5.05. The lowest BCUT2D eigenvalue weighted by Crippen LogP contribution is -2.30. The number of hydrogen-bond donors (Lipinski definition) is 1. The Labute approximate surface area is 146 Å². The number of rotatable bonds is 4. The molecule has 0 spiro atoms. The Balaban J connectivity index is 2.57. The average molecular weight is 371 g/mol. The zero-order valence-corrected chi connectivity index (χ0v) is 14.5. The van der Waals surface area contributed by atoms with Gasteiger partial charge in [0.25, 0.3) is 0 Å². The summed E-state index contributed by atoms with van der Waals surface area (Å²) < 4.78 is 42.9. The van der Waals surface area contributed by atoms with Crippen LogP contribution < -0.4 is 5.32 Å². The van der Waals surface area contributed by atoms with Gasteiger partial charge in [0.15, 0.2) is 0 Å². The van der Waals surface area contributed by atoms with Gasteiger partial charge in [-0.3, -0.25) is 4.79 Å². The summed E-state index contributed by atoms with van der Waals surface area (Å²) in [6, 6.07) is 8.74. The molecule has 0 aliphatic rings. The number of hydrogen-bond acceptors (Lipinski definition) is 4. The molecule has 1 heterocycles. The first-order valence-corrected chi connectivity index (χ1v) is 8.21. The number of carbonyl (C=O) groups excluding carboxylic acids is 2. The van der Waals surface area contributed by atoms with Crippen LogP contribution in [0.1, 0.15) is 29.1 Å². The molecule has 0 fully saturated rings. The molecule has 0 atom stereocenters. The Kier molecular flexibility index (Phi) is 5.52. The predicted octanol–water partition coefficient (Wildman–Crippen LogP) is 4.79. The molecule has 134 valence electrons. The van der Waals surface area contributed by atoms with Crippen molar-refractivity contribution in [2.45, 2.75) is 33.1 Å². The fourth-order valence-corrected chi connectivity index (χ4v) is 3.29. The zero-order chi connectivity index (χ0) is 18.8. The lowest BCUT2D eigenvalue weighted by molar-refractivity contribution is -0.167. The van der Waals surface area contributed by atoms with Crippen LogP contribution >= 0.6 is 11.3 Å². The van der Waals surface area contributed by atoms with Crippen LogP contribution in [-0.2, 0) is 9.53 Å². The first-order chi connectivity index (χ1) is 11.6. The van der Waals surface area contributed by atoms with Gasteiger partial charge in [-0.2, -0.15) is 13.2 Å². The molecule has 25 heavy (non-hydrogen) atoms. The summed E-state index contributed by atoms with van der Waals surface area (Å²) >= 11 is 0.903. The number of anilines is 1. The van der Waals surface area contributed by atoms with Gasteiger partial charge in [-0.05, 0) is 26.3 Å². The van der Waals surface area contributed by atoms with E-state index in [4.69, 9.17) is 4.74 Å². The fourth-order valence-electron chi connectivity index (χ4n) is 2.23. The van der Waals surface area contributed by atoms with Crippen molar-refractivity contribution in [1.82, 2.24) is 0 Å². The Hall–Kier alpha value is -2.35. The van der Waals surface area contributed by atoms with Crippen molar-refractivity contribution < 1.29 is 27.5 Å². The molecule has 2 rings (SSSR count). The molecule has 0 aliphatic carbocycles. The van der Waals surface area contributed by atoms with Crippen LogP contribution in [0.2, 0.25) is 0 Å².